The predicted molar refractivity (Wildman–Crippen MR) is 65.0 cm³/mol. The average molecular weight is 226 g/mol. The highest BCUT2D eigenvalue weighted by atomic mass is 14.9. The Morgan fingerprint density at radius 3 is 3.12 bits per heavy atom. The smallest absolute Gasteiger partial charge is 0.0991 e. The third-order valence-corrected chi connectivity index (χ3v) is 2.67. The van der Waals surface area contributed by atoms with Crippen molar-refractivity contribution < 1.29 is 0 Å². The topological polar surface area (TPSA) is 64.5 Å². The molecule has 0 fully saturated rings. The summed E-state index contributed by atoms with van der Waals surface area (Å²) in [5.74, 6) is 0. The Bertz CT molecular complexity index is 510. The second-order valence-corrected chi connectivity index (χ2v) is 3.92. The molecule has 4 nitrogen and oxygen atoms in total. The zero-order chi connectivity index (χ0) is 12.1. The normalized spacial score (nSPS) is 12.0. The van der Waals surface area contributed by atoms with Crippen LogP contribution in [0.15, 0.2) is 36.8 Å². The molecule has 0 aliphatic carbocycles. The van der Waals surface area contributed by atoms with Crippen molar-refractivity contribution in [2.45, 2.75) is 19.5 Å². The van der Waals surface area contributed by atoms with Crippen molar-refractivity contribution in [1.82, 2.24) is 15.3 Å². The van der Waals surface area contributed by atoms with Gasteiger partial charge in [0.25, 0.3) is 0 Å². The summed E-state index contributed by atoms with van der Waals surface area (Å²) in [6.07, 6.45) is 3.46. The van der Waals surface area contributed by atoms with E-state index in [0.717, 1.165) is 17.8 Å². The quantitative estimate of drug-likeness (QED) is 0.839. The van der Waals surface area contributed by atoms with Gasteiger partial charge in [0, 0.05) is 24.5 Å². The standard InChI is InChI=1S/C13H14N4/c1-10(16-8-13-7-15-9-17-13)12-4-2-3-11(5-12)6-14/h2-5,7,9-10,16H,8H2,1H3,(H,15,17). The maximum absolute atomic E-state index is 8.84. The monoisotopic (exact) mass is 226 g/mol. The van der Waals surface area contributed by atoms with Gasteiger partial charge in [-0.05, 0) is 24.6 Å². The van der Waals surface area contributed by atoms with Gasteiger partial charge < -0.3 is 10.3 Å². The summed E-state index contributed by atoms with van der Waals surface area (Å²) in [5, 5.41) is 12.2. The zero-order valence-corrected chi connectivity index (χ0v) is 9.64. The largest absolute Gasteiger partial charge is 0.347 e. The summed E-state index contributed by atoms with van der Waals surface area (Å²) in [6.45, 7) is 2.81. The predicted octanol–water partition coefficient (Wildman–Crippen LogP) is 2.13. The second kappa shape index (κ2) is 5.28. The van der Waals surface area contributed by atoms with Crippen LogP contribution in [0.3, 0.4) is 0 Å². The van der Waals surface area contributed by atoms with Crippen molar-refractivity contribution in [3.63, 3.8) is 0 Å². The number of nitrogens with zero attached hydrogens (tertiary/aromatic N) is 2. The van der Waals surface area contributed by atoms with Crippen molar-refractivity contribution in [3.8, 4) is 6.07 Å². The van der Waals surface area contributed by atoms with E-state index in [-0.39, 0.29) is 6.04 Å². The molecule has 1 aromatic heterocycles. The van der Waals surface area contributed by atoms with Crippen LogP contribution in [0.5, 0.6) is 0 Å². The molecule has 17 heavy (non-hydrogen) atoms. The highest BCUT2D eigenvalue weighted by Gasteiger charge is 2.05. The van der Waals surface area contributed by atoms with Crippen LogP contribution in [0.1, 0.15) is 29.8 Å². The first kappa shape index (κ1) is 11.4. The molecule has 0 saturated carbocycles. The van der Waals surface area contributed by atoms with Gasteiger partial charge in [-0.2, -0.15) is 5.26 Å². The van der Waals surface area contributed by atoms with Crippen LogP contribution in [-0.2, 0) is 6.54 Å². The molecular formula is C13H14N4. The van der Waals surface area contributed by atoms with Crippen LogP contribution >= 0.6 is 0 Å². The fourth-order valence-electron chi connectivity index (χ4n) is 1.64. The van der Waals surface area contributed by atoms with E-state index in [1.165, 1.54) is 0 Å². The van der Waals surface area contributed by atoms with Crippen molar-refractivity contribution in [3.05, 3.63) is 53.6 Å². The molecule has 1 aromatic carbocycles. The number of benzene rings is 1. The molecule has 0 saturated heterocycles. The van der Waals surface area contributed by atoms with Crippen LogP contribution in [0.25, 0.3) is 0 Å². The molecule has 0 amide bonds. The summed E-state index contributed by atoms with van der Waals surface area (Å²) in [7, 11) is 0. The summed E-state index contributed by atoms with van der Waals surface area (Å²) in [4.78, 5) is 7.00. The van der Waals surface area contributed by atoms with E-state index >= 15 is 0 Å². The minimum Gasteiger partial charge on any atom is -0.347 e. The number of hydrogen-bond acceptors (Lipinski definition) is 3. The summed E-state index contributed by atoms with van der Waals surface area (Å²) >= 11 is 0. The number of nitriles is 1. The zero-order valence-electron chi connectivity index (χ0n) is 9.64. The molecule has 0 bridgehead atoms. The number of hydrogen-bond donors (Lipinski definition) is 2. The van der Waals surface area contributed by atoms with Gasteiger partial charge in [-0.1, -0.05) is 12.1 Å². The van der Waals surface area contributed by atoms with Gasteiger partial charge in [-0.3, -0.25) is 0 Å². The van der Waals surface area contributed by atoms with E-state index in [1.807, 2.05) is 24.3 Å². The second-order valence-electron chi connectivity index (χ2n) is 3.92. The lowest BCUT2D eigenvalue weighted by atomic mass is 10.1. The Balaban J connectivity index is 1.99. The number of rotatable bonds is 4. The molecule has 0 aliphatic rings. The molecule has 1 atom stereocenters. The Hall–Kier alpha value is -2.12. The molecule has 86 valence electrons. The number of imidazole rings is 1. The van der Waals surface area contributed by atoms with Gasteiger partial charge in [0.05, 0.1) is 18.0 Å². The first-order valence-electron chi connectivity index (χ1n) is 5.50. The Morgan fingerprint density at radius 1 is 1.53 bits per heavy atom. The van der Waals surface area contributed by atoms with Crippen molar-refractivity contribution in [1.29, 1.82) is 5.26 Å². The lowest BCUT2D eigenvalue weighted by Gasteiger charge is -2.13. The van der Waals surface area contributed by atoms with Crippen LogP contribution < -0.4 is 5.32 Å². The van der Waals surface area contributed by atoms with Gasteiger partial charge in [0.15, 0.2) is 0 Å². The van der Waals surface area contributed by atoms with E-state index in [0.29, 0.717) is 5.56 Å². The minimum absolute atomic E-state index is 0.201. The summed E-state index contributed by atoms with van der Waals surface area (Å²) in [6, 6.07) is 9.99. The highest BCUT2D eigenvalue weighted by molar-refractivity contribution is 5.34. The first-order valence-corrected chi connectivity index (χ1v) is 5.50. The molecule has 0 radical (unpaired) electrons. The molecule has 1 heterocycles. The molecule has 4 heteroatoms. The Labute approximate surface area is 100 Å². The maximum Gasteiger partial charge on any atom is 0.0991 e. The fourth-order valence-corrected chi connectivity index (χ4v) is 1.64. The van der Waals surface area contributed by atoms with Gasteiger partial charge in [0.2, 0.25) is 0 Å². The average Bonchev–Trinajstić information content (AvgIpc) is 2.89. The molecular weight excluding hydrogens is 212 g/mol. The van der Waals surface area contributed by atoms with Gasteiger partial charge in [0.1, 0.15) is 0 Å². The Kier molecular flexibility index (Phi) is 3.53. The lowest BCUT2D eigenvalue weighted by molar-refractivity contribution is 0.569. The molecule has 2 aromatic rings. The maximum atomic E-state index is 8.84. The summed E-state index contributed by atoms with van der Waals surface area (Å²) < 4.78 is 0. The number of aromatic amines is 1. The van der Waals surface area contributed by atoms with E-state index in [9.17, 15) is 0 Å². The van der Waals surface area contributed by atoms with E-state index < -0.39 is 0 Å². The SMILES string of the molecule is CC(NCc1cnc[nH]1)c1cccc(C#N)c1. The molecule has 1 unspecified atom stereocenters. The van der Waals surface area contributed by atoms with Crippen LogP contribution in [0.2, 0.25) is 0 Å². The minimum atomic E-state index is 0.201. The Morgan fingerprint density at radius 2 is 2.41 bits per heavy atom. The van der Waals surface area contributed by atoms with E-state index in [4.69, 9.17) is 5.26 Å². The van der Waals surface area contributed by atoms with Gasteiger partial charge in [-0.25, -0.2) is 4.98 Å². The highest BCUT2D eigenvalue weighted by Crippen LogP contribution is 2.14. The van der Waals surface area contributed by atoms with Crippen molar-refractivity contribution in [2.75, 3.05) is 0 Å². The fraction of sp³-hybridized carbons (Fsp3) is 0.231. The van der Waals surface area contributed by atoms with Crippen molar-refractivity contribution in [2.24, 2.45) is 0 Å². The molecule has 0 aliphatic heterocycles. The first-order chi connectivity index (χ1) is 8.29. The van der Waals surface area contributed by atoms with Crippen LogP contribution in [0.4, 0.5) is 0 Å². The molecule has 2 rings (SSSR count). The number of nitrogens with one attached hydrogen (secondary N) is 2. The third-order valence-electron chi connectivity index (χ3n) is 2.67. The number of aromatic nitrogens is 2. The van der Waals surface area contributed by atoms with Crippen molar-refractivity contribution >= 4 is 0 Å². The lowest BCUT2D eigenvalue weighted by Crippen LogP contribution is -2.18. The molecule has 0 spiro atoms. The van der Waals surface area contributed by atoms with E-state index in [1.54, 1.807) is 12.5 Å². The van der Waals surface area contributed by atoms with Crippen LogP contribution in [0, 0.1) is 11.3 Å². The summed E-state index contributed by atoms with van der Waals surface area (Å²) in [5.41, 5.74) is 2.86. The third kappa shape index (κ3) is 2.92. The van der Waals surface area contributed by atoms with E-state index in [2.05, 4.69) is 28.3 Å². The van der Waals surface area contributed by atoms with Gasteiger partial charge >= 0.3 is 0 Å². The van der Waals surface area contributed by atoms with Crippen LogP contribution in [-0.4, -0.2) is 9.97 Å². The number of H-pyrrole nitrogens is 1. The molecule has 2 N–H and O–H groups in total. The van der Waals surface area contributed by atoms with Gasteiger partial charge in [-0.15, -0.1) is 0 Å².